The summed E-state index contributed by atoms with van der Waals surface area (Å²) in [5.41, 5.74) is 5.65. The summed E-state index contributed by atoms with van der Waals surface area (Å²) in [6.07, 6.45) is 0.624. The summed E-state index contributed by atoms with van der Waals surface area (Å²) in [6, 6.07) is 0.305. The molecule has 0 aromatic heterocycles. The van der Waals surface area contributed by atoms with Crippen LogP contribution in [0, 0.1) is 0 Å². The number of amides is 1. The van der Waals surface area contributed by atoms with Crippen molar-refractivity contribution in [3.05, 3.63) is 0 Å². The molecule has 2 saturated heterocycles. The van der Waals surface area contributed by atoms with Crippen LogP contribution in [0.2, 0.25) is 0 Å². The Hall–Kier alpha value is -0.360. The van der Waals surface area contributed by atoms with Crippen molar-refractivity contribution in [2.75, 3.05) is 33.3 Å². The maximum Gasteiger partial charge on any atom is 0.224 e. The van der Waals surface area contributed by atoms with Crippen molar-refractivity contribution >= 4 is 18.3 Å². The van der Waals surface area contributed by atoms with E-state index in [1.54, 1.807) is 0 Å². The fraction of sp³-hybridized carbons (Fsp3) is 0.909. The maximum absolute atomic E-state index is 11.9. The molecule has 100 valence electrons. The van der Waals surface area contributed by atoms with Crippen molar-refractivity contribution in [2.45, 2.75) is 31.5 Å². The van der Waals surface area contributed by atoms with Gasteiger partial charge in [-0.3, -0.25) is 9.69 Å². The molecule has 17 heavy (non-hydrogen) atoms. The number of halogens is 1. The van der Waals surface area contributed by atoms with Gasteiger partial charge in [-0.15, -0.1) is 12.4 Å². The summed E-state index contributed by atoms with van der Waals surface area (Å²) < 4.78 is 5.69. The maximum atomic E-state index is 11.9. The number of rotatable bonds is 2. The molecule has 2 rings (SSSR count). The van der Waals surface area contributed by atoms with Gasteiger partial charge in [-0.05, 0) is 14.0 Å². The topological polar surface area (TPSA) is 58.8 Å². The Morgan fingerprint density at radius 3 is 2.82 bits per heavy atom. The van der Waals surface area contributed by atoms with E-state index in [2.05, 4.69) is 11.9 Å². The van der Waals surface area contributed by atoms with E-state index in [1.807, 2.05) is 11.8 Å². The summed E-state index contributed by atoms with van der Waals surface area (Å²) in [4.78, 5) is 16.1. The number of ether oxygens (including phenoxy) is 1. The average Bonchev–Trinajstić information content (AvgIpc) is 2.61. The standard InChI is InChI=1S/C11H21N3O2.ClH/c1-8(12)5-11(15)14-6-9-10(7-14)16-4-3-13(9)2;/h8-10H,3-7,12H2,1-2H3;1H. The van der Waals surface area contributed by atoms with Crippen molar-refractivity contribution in [1.29, 1.82) is 0 Å². The van der Waals surface area contributed by atoms with Gasteiger partial charge in [-0.25, -0.2) is 0 Å². The molecular weight excluding hydrogens is 242 g/mol. The molecule has 2 N–H and O–H groups in total. The zero-order valence-corrected chi connectivity index (χ0v) is 11.3. The molecule has 2 aliphatic rings. The minimum atomic E-state index is -0.0613. The van der Waals surface area contributed by atoms with Crippen LogP contribution >= 0.6 is 12.4 Å². The molecule has 0 aromatic rings. The Morgan fingerprint density at radius 2 is 2.24 bits per heavy atom. The van der Waals surface area contributed by atoms with Gasteiger partial charge in [0, 0.05) is 32.1 Å². The molecule has 0 bridgehead atoms. The molecule has 2 heterocycles. The lowest BCUT2D eigenvalue weighted by Gasteiger charge is -2.33. The van der Waals surface area contributed by atoms with E-state index in [-0.39, 0.29) is 30.5 Å². The zero-order chi connectivity index (χ0) is 11.7. The third-order valence-corrected chi connectivity index (χ3v) is 3.43. The SMILES string of the molecule is CC(N)CC(=O)N1CC2OCCN(C)C2C1.Cl. The smallest absolute Gasteiger partial charge is 0.224 e. The molecule has 2 fully saturated rings. The molecular formula is C11H22ClN3O2. The van der Waals surface area contributed by atoms with Crippen molar-refractivity contribution in [3.8, 4) is 0 Å². The van der Waals surface area contributed by atoms with E-state index in [4.69, 9.17) is 10.5 Å². The van der Waals surface area contributed by atoms with Crippen LogP contribution in [-0.4, -0.2) is 67.2 Å². The molecule has 6 heteroatoms. The second-order valence-electron chi connectivity index (χ2n) is 4.94. The largest absolute Gasteiger partial charge is 0.373 e. The Kier molecular flexibility index (Phi) is 5.19. The highest BCUT2D eigenvalue weighted by Gasteiger charge is 2.40. The predicted octanol–water partition coefficient (Wildman–Crippen LogP) is -0.313. The lowest BCUT2D eigenvalue weighted by atomic mass is 10.1. The van der Waals surface area contributed by atoms with Gasteiger partial charge < -0.3 is 15.4 Å². The minimum absolute atomic E-state index is 0. The number of carbonyl (C=O) groups excluding carboxylic acids is 1. The highest BCUT2D eigenvalue weighted by atomic mass is 35.5. The Labute approximate surface area is 109 Å². The molecule has 1 amide bonds. The van der Waals surface area contributed by atoms with Crippen molar-refractivity contribution in [3.63, 3.8) is 0 Å². The van der Waals surface area contributed by atoms with Crippen molar-refractivity contribution < 1.29 is 9.53 Å². The number of nitrogens with two attached hydrogens (primary N) is 1. The number of likely N-dealkylation sites (N-methyl/N-ethyl adjacent to an activating group) is 1. The predicted molar refractivity (Wildman–Crippen MR) is 68.3 cm³/mol. The minimum Gasteiger partial charge on any atom is -0.373 e. The van der Waals surface area contributed by atoms with Gasteiger partial charge in [0.1, 0.15) is 0 Å². The number of fused-ring (bicyclic) bond motifs is 1. The Balaban J connectivity index is 0.00000144. The number of nitrogens with zero attached hydrogens (tertiary/aromatic N) is 2. The van der Waals surface area contributed by atoms with Gasteiger partial charge in [0.25, 0.3) is 0 Å². The van der Waals surface area contributed by atoms with Gasteiger partial charge in [0.15, 0.2) is 0 Å². The summed E-state index contributed by atoms with van der Waals surface area (Å²) >= 11 is 0. The molecule has 0 radical (unpaired) electrons. The van der Waals surface area contributed by atoms with E-state index in [1.165, 1.54) is 0 Å². The first-order chi connectivity index (χ1) is 7.58. The second-order valence-corrected chi connectivity index (χ2v) is 4.94. The van der Waals surface area contributed by atoms with Gasteiger partial charge in [-0.2, -0.15) is 0 Å². The van der Waals surface area contributed by atoms with Crippen LogP contribution < -0.4 is 5.73 Å². The number of carbonyl (C=O) groups is 1. The van der Waals surface area contributed by atoms with Gasteiger partial charge >= 0.3 is 0 Å². The van der Waals surface area contributed by atoms with E-state index in [0.29, 0.717) is 12.5 Å². The van der Waals surface area contributed by atoms with Crippen LogP contribution in [0.1, 0.15) is 13.3 Å². The van der Waals surface area contributed by atoms with Crippen LogP contribution in [-0.2, 0) is 9.53 Å². The van der Waals surface area contributed by atoms with Crippen molar-refractivity contribution in [2.24, 2.45) is 5.73 Å². The molecule has 0 aromatic carbocycles. The highest BCUT2D eigenvalue weighted by molar-refractivity contribution is 5.85. The summed E-state index contributed by atoms with van der Waals surface area (Å²) in [5, 5.41) is 0. The normalized spacial score (nSPS) is 30.6. The Bertz CT molecular complexity index is 275. The number of likely N-dealkylation sites (tertiary alicyclic amines) is 1. The molecule has 2 aliphatic heterocycles. The first-order valence-electron chi connectivity index (χ1n) is 5.93. The number of hydrogen-bond acceptors (Lipinski definition) is 4. The van der Waals surface area contributed by atoms with Gasteiger partial charge in [0.05, 0.1) is 18.8 Å². The van der Waals surface area contributed by atoms with Crippen LogP contribution in [0.4, 0.5) is 0 Å². The summed E-state index contributed by atoms with van der Waals surface area (Å²) in [5.74, 6) is 0.154. The van der Waals surface area contributed by atoms with E-state index < -0.39 is 0 Å². The third kappa shape index (κ3) is 3.31. The highest BCUT2D eigenvalue weighted by Crippen LogP contribution is 2.22. The number of morpholine rings is 1. The van der Waals surface area contributed by atoms with Crippen LogP contribution in [0.3, 0.4) is 0 Å². The average molecular weight is 264 g/mol. The lowest BCUT2D eigenvalue weighted by molar-refractivity contribution is -0.130. The molecule has 0 aliphatic carbocycles. The van der Waals surface area contributed by atoms with E-state index >= 15 is 0 Å². The van der Waals surface area contributed by atoms with Crippen LogP contribution in [0.5, 0.6) is 0 Å². The van der Waals surface area contributed by atoms with Crippen LogP contribution in [0.15, 0.2) is 0 Å². The van der Waals surface area contributed by atoms with E-state index in [9.17, 15) is 4.79 Å². The lowest BCUT2D eigenvalue weighted by Crippen LogP contribution is -2.48. The summed E-state index contributed by atoms with van der Waals surface area (Å²) in [7, 11) is 2.10. The quantitative estimate of drug-likeness (QED) is 0.742. The Morgan fingerprint density at radius 1 is 1.53 bits per heavy atom. The zero-order valence-electron chi connectivity index (χ0n) is 10.5. The monoisotopic (exact) mass is 263 g/mol. The summed E-state index contributed by atoms with van der Waals surface area (Å²) in [6.45, 7) is 5.10. The van der Waals surface area contributed by atoms with Gasteiger partial charge in [-0.1, -0.05) is 0 Å². The van der Waals surface area contributed by atoms with E-state index in [0.717, 1.165) is 26.2 Å². The first kappa shape index (κ1) is 14.7. The molecule has 0 spiro atoms. The molecule has 5 nitrogen and oxygen atoms in total. The fourth-order valence-corrected chi connectivity index (χ4v) is 2.47. The first-order valence-corrected chi connectivity index (χ1v) is 5.93. The van der Waals surface area contributed by atoms with Crippen LogP contribution in [0.25, 0.3) is 0 Å². The number of hydrogen-bond donors (Lipinski definition) is 1. The molecule has 3 unspecified atom stereocenters. The van der Waals surface area contributed by atoms with Crippen molar-refractivity contribution in [1.82, 2.24) is 9.80 Å². The fourth-order valence-electron chi connectivity index (χ4n) is 2.47. The second kappa shape index (κ2) is 6.00. The van der Waals surface area contributed by atoms with Gasteiger partial charge in [0.2, 0.25) is 5.91 Å². The third-order valence-electron chi connectivity index (χ3n) is 3.43. The molecule has 0 saturated carbocycles. The molecule has 3 atom stereocenters.